The molecule has 164 valence electrons. The summed E-state index contributed by atoms with van der Waals surface area (Å²) in [7, 11) is -3.60. The molecule has 7 nitrogen and oxygen atoms in total. The summed E-state index contributed by atoms with van der Waals surface area (Å²) in [5.74, 6) is 1.31. The smallest absolute Gasteiger partial charge is 0.243 e. The highest BCUT2D eigenvalue weighted by molar-refractivity contribution is 7.89. The predicted molar refractivity (Wildman–Crippen MR) is 115 cm³/mol. The lowest BCUT2D eigenvalue weighted by atomic mass is 9.88. The monoisotopic (exact) mass is 433 g/mol. The van der Waals surface area contributed by atoms with Crippen LogP contribution in [-0.2, 0) is 19.6 Å². The lowest BCUT2D eigenvalue weighted by Crippen LogP contribution is -2.40. The van der Waals surface area contributed by atoms with E-state index in [2.05, 4.69) is 10.2 Å². The molecule has 2 aliphatic heterocycles. The molecule has 2 saturated carbocycles. The molecule has 0 spiro atoms. The van der Waals surface area contributed by atoms with Crippen LogP contribution >= 0.6 is 0 Å². The quantitative estimate of drug-likeness (QED) is 0.772. The predicted octanol–water partition coefficient (Wildman–Crippen LogP) is 2.68. The van der Waals surface area contributed by atoms with Crippen molar-refractivity contribution >= 4 is 27.3 Å². The molecule has 5 rings (SSSR count). The summed E-state index contributed by atoms with van der Waals surface area (Å²) in [6, 6.07) is 5.23. The number of ether oxygens (including phenoxy) is 1. The van der Waals surface area contributed by atoms with Crippen molar-refractivity contribution < 1.29 is 17.9 Å². The number of morpholine rings is 1. The van der Waals surface area contributed by atoms with Crippen LogP contribution in [0.15, 0.2) is 23.1 Å². The average molecular weight is 434 g/mol. The molecule has 2 saturated heterocycles. The first-order valence-corrected chi connectivity index (χ1v) is 12.7. The van der Waals surface area contributed by atoms with E-state index in [9.17, 15) is 13.2 Å². The van der Waals surface area contributed by atoms with E-state index in [0.29, 0.717) is 43.8 Å². The maximum absolute atomic E-state index is 13.2. The summed E-state index contributed by atoms with van der Waals surface area (Å²) in [5, 5.41) is 3.14. The highest BCUT2D eigenvalue weighted by Crippen LogP contribution is 2.48. The second-order valence-electron chi connectivity index (χ2n) is 9.16. The molecule has 1 aromatic carbocycles. The van der Waals surface area contributed by atoms with Gasteiger partial charge in [-0.05, 0) is 62.1 Å². The zero-order valence-electron chi connectivity index (χ0n) is 17.4. The molecule has 2 bridgehead atoms. The third kappa shape index (κ3) is 3.74. The average Bonchev–Trinajstić information content (AvgIpc) is 3.53. The second-order valence-corrected chi connectivity index (χ2v) is 11.1. The number of rotatable bonds is 5. The zero-order valence-corrected chi connectivity index (χ0v) is 18.2. The van der Waals surface area contributed by atoms with Gasteiger partial charge in [0.15, 0.2) is 0 Å². The zero-order chi connectivity index (χ0) is 20.7. The van der Waals surface area contributed by atoms with Gasteiger partial charge in [0, 0.05) is 32.1 Å². The minimum atomic E-state index is -3.60. The fourth-order valence-corrected chi connectivity index (χ4v) is 7.17. The molecule has 0 radical (unpaired) electrons. The largest absolute Gasteiger partial charge is 0.379 e. The summed E-state index contributed by atoms with van der Waals surface area (Å²) >= 11 is 0. The first-order valence-electron chi connectivity index (χ1n) is 11.3. The Morgan fingerprint density at radius 1 is 1.03 bits per heavy atom. The molecule has 1 N–H and O–H groups in total. The Balaban J connectivity index is 1.43. The minimum absolute atomic E-state index is 0.0589. The number of anilines is 2. The van der Waals surface area contributed by atoms with E-state index >= 15 is 0 Å². The van der Waals surface area contributed by atoms with E-state index in [-0.39, 0.29) is 16.7 Å². The van der Waals surface area contributed by atoms with Crippen LogP contribution in [0.25, 0.3) is 0 Å². The molecule has 30 heavy (non-hydrogen) atoms. The van der Waals surface area contributed by atoms with Crippen molar-refractivity contribution in [2.45, 2.75) is 43.4 Å². The highest BCUT2D eigenvalue weighted by Gasteiger charge is 2.43. The van der Waals surface area contributed by atoms with Gasteiger partial charge < -0.3 is 15.0 Å². The maximum Gasteiger partial charge on any atom is 0.243 e. The Bertz CT molecular complexity index is 907. The van der Waals surface area contributed by atoms with Crippen molar-refractivity contribution in [3.8, 4) is 0 Å². The van der Waals surface area contributed by atoms with Crippen molar-refractivity contribution in [2.24, 2.45) is 17.8 Å². The molecule has 1 amide bonds. The number of hydrogen-bond acceptors (Lipinski definition) is 5. The van der Waals surface area contributed by atoms with E-state index in [0.717, 1.165) is 44.5 Å². The van der Waals surface area contributed by atoms with E-state index < -0.39 is 10.0 Å². The van der Waals surface area contributed by atoms with Crippen LogP contribution in [0, 0.1) is 17.8 Å². The number of nitrogens with one attached hydrogen (secondary N) is 1. The molecular formula is C22H31N3O4S. The SMILES string of the molecule is O=C(Nc1cc(S(=O)(=O)N2CCOCC2)ccc1N1CCCC1)C1CC2CCC1C2. The number of nitrogens with zero attached hydrogens (tertiary/aromatic N) is 2. The van der Waals surface area contributed by atoms with Crippen molar-refractivity contribution in [2.75, 3.05) is 49.6 Å². The molecule has 1 aromatic rings. The third-order valence-electron chi connectivity index (χ3n) is 7.36. The van der Waals surface area contributed by atoms with E-state index in [1.165, 1.54) is 17.1 Å². The van der Waals surface area contributed by atoms with Gasteiger partial charge in [-0.15, -0.1) is 0 Å². The number of fused-ring (bicyclic) bond motifs is 2. The fraction of sp³-hybridized carbons (Fsp3) is 0.682. The molecule has 2 heterocycles. The summed E-state index contributed by atoms with van der Waals surface area (Å²) < 4.78 is 33.1. The first-order chi connectivity index (χ1) is 14.5. The van der Waals surface area contributed by atoms with Crippen molar-refractivity contribution in [1.82, 2.24) is 4.31 Å². The van der Waals surface area contributed by atoms with Crippen molar-refractivity contribution in [3.63, 3.8) is 0 Å². The van der Waals surface area contributed by atoms with Crippen LogP contribution in [0.5, 0.6) is 0 Å². The Hall–Kier alpha value is -1.64. The topological polar surface area (TPSA) is 79.0 Å². The van der Waals surface area contributed by atoms with Gasteiger partial charge in [-0.25, -0.2) is 8.42 Å². The molecular weight excluding hydrogens is 402 g/mol. The molecule has 2 aliphatic carbocycles. The number of hydrogen-bond donors (Lipinski definition) is 1. The lowest BCUT2D eigenvalue weighted by molar-refractivity contribution is -0.121. The van der Waals surface area contributed by atoms with Gasteiger partial charge in [0.05, 0.1) is 29.5 Å². The number of sulfonamides is 1. The Labute approximate surface area is 178 Å². The van der Waals surface area contributed by atoms with Gasteiger partial charge >= 0.3 is 0 Å². The normalized spacial score (nSPS) is 29.5. The van der Waals surface area contributed by atoms with Crippen LogP contribution in [0.4, 0.5) is 11.4 Å². The molecule has 4 aliphatic rings. The van der Waals surface area contributed by atoms with Gasteiger partial charge in [0.25, 0.3) is 0 Å². The third-order valence-corrected chi connectivity index (χ3v) is 9.25. The molecule has 4 fully saturated rings. The lowest BCUT2D eigenvalue weighted by Gasteiger charge is -2.28. The number of carbonyl (C=O) groups is 1. The maximum atomic E-state index is 13.2. The van der Waals surface area contributed by atoms with Gasteiger partial charge in [0.1, 0.15) is 0 Å². The standard InChI is InChI=1S/C22H31N3O4S/c26-22(19-14-16-3-4-17(19)13-16)23-20-15-18(5-6-21(20)24-7-1-2-8-24)30(27,28)25-9-11-29-12-10-25/h5-6,15-17,19H,1-4,7-14H2,(H,23,26). The first kappa shape index (κ1) is 20.3. The molecule has 3 unspecified atom stereocenters. The van der Waals surface area contributed by atoms with Crippen LogP contribution in [0.3, 0.4) is 0 Å². The van der Waals surface area contributed by atoms with Gasteiger partial charge in [-0.1, -0.05) is 6.42 Å². The summed E-state index contributed by atoms with van der Waals surface area (Å²) in [4.78, 5) is 15.6. The van der Waals surface area contributed by atoms with E-state index in [1.807, 2.05) is 6.07 Å². The van der Waals surface area contributed by atoms with Gasteiger partial charge in [-0.3, -0.25) is 4.79 Å². The highest BCUT2D eigenvalue weighted by atomic mass is 32.2. The number of carbonyl (C=O) groups excluding carboxylic acids is 1. The van der Waals surface area contributed by atoms with Gasteiger partial charge in [-0.2, -0.15) is 4.31 Å². The Morgan fingerprint density at radius 2 is 1.80 bits per heavy atom. The number of amides is 1. The number of benzene rings is 1. The Morgan fingerprint density at radius 3 is 2.47 bits per heavy atom. The van der Waals surface area contributed by atoms with Crippen molar-refractivity contribution in [3.05, 3.63) is 18.2 Å². The summed E-state index contributed by atoms with van der Waals surface area (Å²) in [5.41, 5.74) is 1.57. The van der Waals surface area contributed by atoms with Crippen molar-refractivity contribution in [1.29, 1.82) is 0 Å². The minimum Gasteiger partial charge on any atom is -0.379 e. The van der Waals surface area contributed by atoms with Crippen LogP contribution < -0.4 is 10.2 Å². The van der Waals surface area contributed by atoms with E-state index in [1.54, 1.807) is 12.1 Å². The molecule has 3 atom stereocenters. The van der Waals surface area contributed by atoms with Crippen LogP contribution in [0.2, 0.25) is 0 Å². The van der Waals surface area contributed by atoms with Crippen LogP contribution in [0.1, 0.15) is 38.5 Å². The second kappa shape index (κ2) is 8.13. The molecule has 0 aromatic heterocycles. The van der Waals surface area contributed by atoms with Gasteiger partial charge in [0.2, 0.25) is 15.9 Å². The Kier molecular flexibility index (Phi) is 5.49. The molecule has 8 heteroatoms. The summed E-state index contributed by atoms with van der Waals surface area (Å²) in [6.07, 6.45) is 6.78. The van der Waals surface area contributed by atoms with E-state index in [4.69, 9.17) is 4.74 Å². The van der Waals surface area contributed by atoms with Crippen LogP contribution in [-0.4, -0.2) is 58.0 Å². The summed E-state index contributed by atoms with van der Waals surface area (Å²) in [6.45, 7) is 3.43. The fourth-order valence-electron chi connectivity index (χ4n) is 5.74.